The Labute approximate surface area is 231 Å². The summed E-state index contributed by atoms with van der Waals surface area (Å²) < 4.78 is 5.39. The number of carbonyl (C=O) groups excluding carboxylic acids is 3. The molecule has 38 heavy (non-hydrogen) atoms. The second kappa shape index (κ2) is 23.5. The fourth-order valence-electron chi connectivity index (χ4n) is 4.44. The molecular weight excluding hydrogens is 478 g/mol. The van der Waals surface area contributed by atoms with E-state index >= 15 is 0 Å². The summed E-state index contributed by atoms with van der Waals surface area (Å²) in [5, 5.41) is 5.67. The lowest BCUT2D eigenvalue weighted by atomic mass is 10.0. The first-order valence-corrected chi connectivity index (χ1v) is 15.1. The molecule has 0 bridgehead atoms. The Morgan fingerprint density at radius 3 is 1.76 bits per heavy atom. The van der Waals surface area contributed by atoms with Crippen LogP contribution in [0.4, 0.5) is 5.69 Å². The number of anilines is 1. The first-order chi connectivity index (χ1) is 18.5. The van der Waals surface area contributed by atoms with Crippen LogP contribution in [-0.2, 0) is 19.1 Å². The highest BCUT2D eigenvalue weighted by molar-refractivity contribution is 5.87. The summed E-state index contributed by atoms with van der Waals surface area (Å²) in [5.74, 6) is -1.37. The normalized spacial score (nSPS) is 11.6. The average molecular weight is 532 g/mol. The van der Waals surface area contributed by atoms with Crippen LogP contribution in [0.2, 0.25) is 0 Å². The molecular formula is C31H53N3O4. The Balaban J connectivity index is 2.07. The summed E-state index contributed by atoms with van der Waals surface area (Å²) in [4.78, 5) is 36.0. The van der Waals surface area contributed by atoms with Gasteiger partial charge in [-0.05, 0) is 25.0 Å². The Morgan fingerprint density at radius 1 is 0.763 bits per heavy atom. The van der Waals surface area contributed by atoms with Crippen LogP contribution in [0.25, 0.3) is 0 Å². The van der Waals surface area contributed by atoms with Gasteiger partial charge in [0.15, 0.2) is 0 Å². The highest BCUT2D eigenvalue weighted by Crippen LogP contribution is 2.14. The quantitative estimate of drug-likeness (QED) is 0.0966. The van der Waals surface area contributed by atoms with Gasteiger partial charge in [0.2, 0.25) is 11.8 Å². The molecule has 0 fully saturated rings. The zero-order valence-corrected chi connectivity index (χ0v) is 23.8. The van der Waals surface area contributed by atoms with Gasteiger partial charge in [-0.15, -0.1) is 0 Å². The van der Waals surface area contributed by atoms with Crippen molar-refractivity contribution < 1.29 is 19.1 Å². The van der Waals surface area contributed by atoms with Crippen LogP contribution in [0.5, 0.6) is 0 Å². The van der Waals surface area contributed by atoms with E-state index in [0.717, 1.165) is 24.9 Å². The first kappa shape index (κ1) is 33.5. The zero-order valence-electron chi connectivity index (χ0n) is 23.8. The lowest BCUT2D eigenvalue weighted by Gasteiger charge is -2.17. The van der Waals surface area contributed by atoms with Crippen LogP contribution in [-0.4, -0.2) is 37.0 Å². The van der Waals surface area contributed by atoms with E-state index in [0.29, 0.717) is 6.61 Å². The van der Waals surface area contributed by atoms with Crippen molar-refractivity contribution in [3.05, 3.63) is 30.3 Å². The highest BCUT2D eigenvalue weighted by atomic mass is 16.5. The average Bonchev–Trinajstić information content (AvgIpc) is 2.92. The molecule has 4 N–H and O–H groups in total. The molecule has 1 aromatic rings. The molecule has 7 heteroatoms. The van der Waals surface area contributed by atoms with Crippen molar-refractivity contribution in [1.82, 2.24) is 5.32 Å². The molecule has 2 amide bonds. The van der Waals surface area contributed by atoms with E-state index in [2.05, 4.69) is 17.6 Å². The van der Waals surface area contributed by atoms with E-state index in [-0.39, 0.29) is 25.3 Å². The van der Waals surface area contributed by atoms with Gasteiger partial charge in [-0.2, -0.15) is 0 Å². The molecule has 0 aromatic heterocycles. The van der Waals surface area contributed by atoms with E-state index in [1.165, 1.54) is 83.5 Å². The molecule has 0 spiro atoms. The van der Waals surface area contributed by atoms with Crippen LogP contribution in [0.3, 0.4) is 0 Å². The summed E-state index contributed by atoms with van der Waals surface area (Å²) in [5.41, 5.74) is 6.04. The van der Waals surface area contributed by atoms with Gasteiger partial charge in [-0.3, -0.25) is 9.59 Å². The summed E-state index contributed by atoms with van der Waals surface area (Å²) in [6, 6.07) is 8.45. The third-order valence-electron chi connectivity index (χ3n) is 6.77. The fraction of sp³-hybridized carbons (Fsp3) is 0.710. The van der Waals surface area contributed by atoms with Gasteiger partial charge in [0.1, 0.15) is 6.04 Å². The monoisotopic (exact) mass is 531 g/mol. The van der Waals surface area contributed by atoms with Crippen molar-refractivity contribution in [2.45, 2.75) is 129 Å². The number of carbonyl (C=O) groups is 3. The zero-order chi connectivity index (χ0) is 27.7. The van der Waals surface area contributed by atoms with E-state index in [4.69, 9.17) is 10.5 Å². The number of primary amides is 1. The number of unbranched alkanes of at least 4 members (excludes halogenated alkanes) is 15. The standard InChI is InChI=1S/C31H53N3O4/c1-2-3-4-5-6-7-8-9-10-11-12-13-14-15-16-20-25-38-31(37)28(23-24-29(32)35)34-30(36)26-33-27-21-18-17-19-22-27/h17-19,21-22,28,33H,2-16,20,23-26H2,1H3,(H2,32,35)(H,34,36)/t28-/m1/s1. The lowest BCUT2D eigenvalue weighted by molar-refractivity contribution is -0.148. The second-order valence-electron chi connectivity index (χ2n) is 10.3. The van der Waals surface area contributed by atoms with Crippen LogP contribution in [0.15, 0.2) is 30.3 Å². The SMILES string of the molecule is CCCCCCCCCCCCCCCCCCOC(=O)[C@@H](CCC(N)=O)NC(=O)CNc1ccccc1. The van der Waals surface area contributed by atoms with E-state index in [1.807, 2.05) is 30.3 Å². The molecule has 0 saturated heterocycles. The number of esters is 1. The topological polar surface area (TPSA) is 111 Å². The van der Waals surface area contributed by atoms with Crippen LogP contribution < -0.4 is 16.4 Å². The Kier molecular flexibility index (Phi) is 20.7. The largest absolute Gasteiger partial charge is 0.464 e. The number of para-hydroxylation sites is 1. The van der Waals surface area contributed by atoms with Crippen molar-refractivity contribution in [1.29, 1.82) is 0 Å². The summed E-state index contributed by atoms with van der Waals surface area (Å²) >= 11 is 0. The molecule has 0 heterocycles. The van der Waals surface area contributed by atoms with E-state index < -0.39 is 17.9 Å². The summed E-state index contributed by atoms with van der Waals surface area (Å²) in [6.45, 7) is 2.60. The lowest BCUT2D eigenvalue weighted by Crippen LogP contribution is -2.44. The number of benzene rings is 1. The predicted molar refractivity (Wildman–Crippen MR) is 156 cm³/mol. The molecule has 0 unspecified atom stereocenters. The van der Waals surface area contributed by atoms with Crippen molar-refractivity contribution in [2.75, 3.05) is 18.5 Å². The third-order valence-corrected chi connectivity index (χ3v) is 6.77. The molecule has 0 saturated carbocycles. The molecule has 1 rings (SSSR count). The number of hydrogen-bond donors (Lipinski definition) is 3. The maximum Gasteiger partial charge on any atom is 0.328 e. The van der Waals surface area contributed by atoms with E-state index in [9.17, 15) is 14.4 Å². The molecule has 1 atom stereocenters. The number of nitrogens with two attached hydrogens (primary N) is 1. The molecule has 0 radical (unpaired) electrons. The minimum Gasteiger partial charge on any atom is -0.464 e. The third kappa shape index (κ3) is 19.5. The highest BCUT2D eigenvalue weighted by Gasteiger charge is 2.22. The van der Waals surface area contributed by atoms with E-state index in [1.54, 1.807) is 0 Å². The minimum atomic E-state index is -0.881. The number of hydrogen-bond acceptors (Lipinski definition) is 5. The van der Waals surface area contributed by atoms with Crippen LogP contribution in [0.1, 0.15) is 122 Å². The molecule has 0 aliphatic carbocycles. The van der Waals surface area contributed by atoms with Crippen molar-refractivity contribution >= 4 is 23.5 Å². The fourth-order valence-corrected chi connectivity index (χ4v) is 4.44. The summed E-state index contributed by atoms with van der Waals surface area (Å²) in [6.07, 6.45) is 20.7. The van der Waals surface area contributed by atoms with Gasteiger partial charge in [-0.25, -0.2) is 4.79 Å². The Hall–Kier alpha value is -2.57. The van der Waals surface area contributed by atoms with Gasteiger partial charge >= 0.3 is 5.97 Å². The maximum absolute atomic E-state index is 12.5. The maximum atomic E-state index is 12.5. The number of nitrogens with one attached hydrogen (secondary N) is 2. The number of rotatable bonds is 25. The van der Waals surface area contributed by atoms with Crippen molar-refractivity contribution in [3.63, 3.8) is 0 Å². The van der Waals surface area contributed by atoms with Gasteiger partial charge in [0.25, 0.3) is 0 Å². The Morgan fingerprint density at radius 2 is 1.26 bits per heavy atom. The van der Waals surface area contributed by atoms with Gasteiger partial charge in [0, 0.05) is 12.1 Å². The predicted octanol–water partition coefficient (Wildman–Crippen LogP) is 6.65. The Bertz CT molecular complexity index is 742. The van der Waals surface area contributed by atoms with Crippen molar-refractivity contribution in [2.24, 2.45) is 5.73 Å². The van der Waals surface area contributed by atoms with Crippen LogP contribution in [0, 0.1) is 0 Å². The minimum absolute atomic E-state index is 0.00517. The van der Waals surface area contributed by atoms with Gasteiger partial charge < -0.3 is 21.1 Å². The second-order valence-corrected chi connectivity index (χ2v) is 10.3. The molecule has 7 nitrogen and oxygen atoms in total. The smallest absolute Gasteiger partial charge is 0.328 e. The van der Waals surface area contributed by atoms with Gasteiger partial charge in [0.05, 0.1) is 13.2 Å². The van der Waals surface area contributed by atoms with Crippen LogP contribution >= 0.6 is 0 Å². The first-order valence-electron chi connectivity index (χ1n) is 15.1. The summed E-state index contributed by atoms with van der Waals surface area (Å²) in [7, 11) is 0. The number of amides is 2. The molecule has 216 valence electrons. The van der Waals surface area contributed by atoms with Gasteiger partial charge in [-0.1, -0.05) is 121 Å². The number of ether oxygens (including phenoxy) is 1. The molecule has 0 aliphatic heterocycles. The molecule has 1 aromatic carbocycles. The molecule has 0 aliphatic rings. The van der Waals surface area contributed by atoms with Crippen molar-refractivity contribution in [3.8, 4) is 0 Å².